The average molecular weight is 403 g/mol. The Balaban J connectivity index is 1.42. The van der Waals surface area contributed by atoms with Gasteiger partial charge in [-0.3, -0.25) is 0 Å². The molecule has 0 spiro atoms. The zero-order valence-corrected chi connectivity index (χ0v) is 16.1. The van der Waals surface area contributed by atoms with Gasteiger partial charge in [0.05, 0.1) is 5.69 Å². The van der Waals surface area contributed by atoms with Gasteiger partial charge in [-0.1, -0.05) is 36.4 Å². The summed E-state index contributed by atoms with van der Waals surface area (Å²) >= 11 is 3.63. The summed E-state index contributed by atoms with van der Waals surface area (Å²) in [5.41, 5.74) is 4.60. The lowest BCUT2D eigenvalue weighted by Gasteiger charge is -2.37. The quantitative estimate of drug-likeness (QED) is 0.744. The van der Waals surface area contributed by atoms with Gasteiger partial charge in [-0.25, -0.2) is 4.79 Å². The molecule has 0 saturated heterocycles. The molecule has 0 unspecified atom stereocenters. The van der Waals surface area contributed by atoms with Gasteiger partial charge in [0.15, 0.2) is 0 Å². The molecule has 5 heteroatoms. The van der Waals surface area contributed by atoms with Crippen LogP contribution in [0.15, 0.2) is 46.9 Å². The Morgan fingerprint density at radius 2 is 1.88 bits per heavy atom. The third kappa shape index (κ3) is 4.75. The molecule has 2 N–H and O–H groups in total. The van der Waals surface area contributed by atoms with E-state index in [1.54, 1.807) is 0 Å². The van der Waals surface area contributed by atoms with Crippen molar-refractivity contribution in [2.75, 3.05) is 5.32 Å². The van der Waals surface area contributed by atoms with Gasteiger partial charge in [0.2, 0.25) is 0 Å². The molecule has 3 rings (SSSR count). The van der Waals surface area contributed by atoms with Crippen molar-refractivity contribution in [3.05, 3.63) is 63.6 Å². The maximum absolute atomic E-state index is 11.9. The number of hydrogen-bond acceptors (Lipinski definition) is 3. The SMILES string of the molecule is Cc1cc(C)c(NC2CC(NC(=O)OCc3ccccc3)C2)c(Br)c1. The number of ether oxygens (including phenoxy) is 1. The molecule has 0 radical (unpaired) electrons. The second-order valence-electron chi connectivity index (χ2n) is 6.65. The third-order valence-corrected chi connectivity index (χ3v) is 5.08. The summed E-state index contributed by atoms with van der Waals surface area (Å²) in [6.45, 7) is 4.50. The molecule has 0 heterocycles. The maximum atomic E-state index is 11.9. The Bertz CT molecular complexity index is 720. The number of aryl methyl sites for hydroxylation is 2. The summed E-state index contributed by atoms with van der Waals surface area (Å²) in [6.07, 6.45) is 1.46. The highest BCUT2D eigenvalue weighted by atomic mass is 79.9. The first kappa shape index (κ1) is 17.8. The van der Waals surface area contributed by atoms with Crippen LogP contribution >= 0.6 is 15.9 Å². The number of halogens is 1. The van der Waals surface area contributed by atoms with Crippen molar-refractivity contribution in [3.63, 3.8) is 0 Å². The number of carbonyl (C=O) groups is 1. The minimum absolute atomic E-state index is 0.172. The van der Waals surface area contributed by atoms with Crippen LogP contribution in [0.25, 0.3) is 0 Å². The van der Waals surface area contributed by atoms with Crippen LogP contribution in [0.4, 0.5) is 10.5 Å². The highest BCUT2D eigenvalue weighted by Gasteiger charge is 2.31. The minimum Gasteiger partial charge on any atom is -0.445 e. The van der Waals surface area contributed by atoms with Crippen molar-refractivity contribution in [2.45, 2.75) is 45.4 Å². The van der Waals surface area contributed by atoms with E-state index in [1.807, 2.05) is 30.3 Å². The van der Waals surface area contributed by atoms with Gasteiger partial charge in [-0.2, -0.15) is 0 Å². The molecular weight excluding hydrogens is 380 g/mol. The molecule has 1 amide bonds. The first-order chi connectivity index (χ1) is 12.0. The zero-order valence-electron chi connectivity index (χ0n) is 14.5. The maximum Gasteiger partial charge on any atom is 0.407 e. The van der Waals surface area contributed by atoms with Crippen molar-refractivity contribution < 1.29 is 9.53 Å². The van der Waals surface area contributed by atoms with Crippen LogP contribution in [0.3, 0.4) is 0 Å². The smallest absolute Gasteiger partial charge is 0.407 e. The molecular formula is C20H23BrN2O2. The van der Waals surface area contributed by atoms with Gasteiger partial charge >= 0.3 is 6.09 Å². The zero-order chi connectivity index (χ0) is 17.8. The van der Waals surface area contributed by atoms with Gasteiger partial charge in [0.25, 0.3) is 0 Å². The van der Waals surface area contributed by atoms with E-state index < -0.39 is 0 Å². The summed E-state index contributed by atoms with van der Waals surface area (Å²) in [7, 11) is 0. The van der Waals surface area contributed by atoms with E-state index in [1.165, 1.54) is 11.1 Å². The van der Waals surface area contributed by atoms with Gasteiger partial charge in [0, 0.05) is 16.6 Å². The van der Waals surface area contributed by atoms with Gasteiger partial charge < -0.3 is 15.4 Å². The van der Waals surface area contributed by atoms with E-state index in [2.05, 4.69) is 52.5 Å². The first-order valence-electron chi connectivity index (χ1n) is 8.52. The van der Waals surface area contributed by atoms with E-state index in [4.69, 9.17) is 4.74 Å². The molecule has 132 valence electrons. The Labute approximate surface area is 157 Å². The lowest BCUT2D eigenvalue weighted by Crippen LogP contribution is -2.49. The van der Waals surface area contributed by atoms with E-state index in [0.717, 1.165) is 28.6 Å². The molecule has 1 aliphatic rings. The summed E-state index contributed by atoms with van der Waals surface area (Å²) in [4.78, 5) is 11.9. The Kier molecular flexibility index (Phi) is 5.63. The number of nitrogens with one attached hydrogen (secondary N) is 2. The van der Waals surface area contributed by atoms with Crippen molar-refractivity contribution in [2.24, 2.45) is 0 Å². The molecule has 4 nitrogen and oxygen atoms in total. The number of amides is 1. The number of alkyl carbamates (subject to hydrolysis) is 1. The fraction of sp³-hybridized carbons (Fsp3) is 0.350. The highest BCUT2D eigenvalue weighted by Crippen LogP contribution is 2.32. The van der Waals surface area contributed by atoms with Crippen LogP contribution in [0.1, 0.15) is 29.5 Å². The van der Waals surface area contributed by atoms with Crippen molar-refractivity contribution >= 4 is 27.7 Å². The molecule has 0 bridgehead atoms. The molecule has 0 atom stereocenters. The van der Waals surface area contributed by atoms with Crippen molar-refractivity contribution in [1.82, 2.24) is 5.32 Å². The van der Waals surface area contributed by atoms with Gasteiger partial charge in [-0.05, 0) is 65.4 Å². The predicted octanol–water partition coefficient (Wildman–Crippen LogP) is 4.94. The van der Waals surface area contributed by atoms with Crippen LogP contribution in [-0.2, 0) is 11.3 Å². The summed E-state index contributed by atoms with van der Waals surface area (Å²) < 4.78 is 6.35. The molecule has 0 aromatic heterocycles. The number of hydrogen-bond donors (Lipinski definition) is 2. The Morgan fingerprint density at radius 1 is 1.16 bits per heavy atom. The van der Waals surface area contributed by atoms with Crippen LogP contribution in [0.2, 0.25) is 0 Å². The largest absolute Gasteiger partial charge is 0.445 e. The van der Waals surface area contributed by atoms with Crippen LogP contribution < -0.4 is 10.6 Å². The normalized spacial score (nSPS) is 19.0. The molecule has 25 heavy (non-hydrogen) atoms. The number of anilines is 1. The molecule has 1 aliphatic carbocycles. The third-order valence-electron chi connectivity index (χ3n) is 4.45. The fourth-order valence-corrected chi connectivity index (χ4v) is 3.88. The standard InChI is InChI=1S/C20H23BrN2O2/c1-13-8-14(2)19(18(21)9-13)22-16-10-17(11-16)23-20(24)25-12-15-6-4-3-5-7-15/h3-9,16-17,22H,10-12H2,1-2H3,(H,23,24). The summed E-state index contributed by atoms with van der Waals surface area (Å²) in [5, 5.41) is 6.49. The number of rotatable bonds is 5. The lowest BCUT2D eigenvalue weighted by atomic mass is 9.86. The molecule has 2 aromatic carbocycles. The van der Waals surface area contributed by atoms with Crippen LogP contribution in [-0.4, -0.2) is 18.2 Å². The number of benzene rings is 2. The van der Waals surface area contributed by atoms with Gasteiger partial charge in [0.1, 0.15) is 6.61 Å². The topological polar surface area (TPSA) is 50.4 Å². The molecule has 0 aliphatic heterocycles. The Hall–Kier alpha value is -2.01. The van der Waals surface area contributed by atoms with Crippen LogP contribution in [0.5, 0.6) is 0 Å². The monoisotopic (exact) mass is 402 g/mol. The second kappa shape index (κ2) is 7.91. The molecule has 1 saturated carbocycles. The van der Waals surface area contributed by atoms with Gasteiger partial charge in [-0.15, -0.1) is 0 Å². The van der Waals surface area contributed by atoms with E-state index in [-0.39, 0.29) is 12.1 Å². The predicted molar refractivity (Wildman–Crippen MR) is 104 cm³/mol. The first-order valence-corrected chi connectivity index (χ1v) is 9.31. The average Bonchev–Trinajstić information content (AvgIpc) is 2.54. The van der Waals surface area contributed by atoms with Crippen molar-refractivity contribution in [1.29, 1.82) is 0 Å². The minimum atomic E-state index is -0.347. The molecule has 2 aromatic rings. The van der Waals surface area contributed by atoms with Crippen molar-refractivity contribution in [3.8, 4) is 0 Å². The Morgan fingerprint density at radius 3 is 2.56 bits per heavy atom. The number of carbonyl (C=O) groups excluding carboxylic acids is 1. The highest BCUT2D eigenvalue weighted by molar-refractivity contribution is 9.10. The van der Waals surface area contributed by atoms with E-state index in [9.17, 15) is 4.79 Å². The van der Waals surface area contributed by atoms with E-state index >= 15 is 0 Å². The van der Waals surface area contributed by atoms with E-state index in [0.29, 0.717) is 12.6 Å². The second-order valence-corrected chi connectivity index (χ2v) is 7.51. The summed E-state index contributed by atoms with van der Waals surface area (Å²) in [5.74, 6) is 0. The fourth-order valence-electron chi connectivity index (χ4n) is 3.09. The lowest BCUT2D eigenvalue weighted by molar-refractivity contribution is 0.129. The summed E-state index contributed by atoms with van der Waals surface area (Å²) in [6, 6.07) is 14.5. The van der Waals surface area contributed by atoms with Crippen LogP contribution in [0, 0.1) is 13.8 Å². The molecule has 1 fully saturated rings.